The molecule has 0 radical (unpaired) electrons. The molecule has 4 nitrogen and oxygen atoms in total. The largest absolute Gasteiger partial charge is 0.489 e. The van der Waals surface area contributed by atoms with Crippen molar-refractivity contribution in [1.29, 1.82) is 0 Å². The second-order valence-corrected chi connectivity index (χ2v) is 9.29. The van der Waals surface area contributed by atoms with Gasteiger partial charge < -0.3 is 4.74 Å². The zero-order valence-corrected chi connectivity index (χ0v) is 19.6. The number of amides is 1. The third-order valence-electron chi connectivity index (χ3n) is 5.04. The fourth-order valence-corrected chi connectivity index (χ4v) is 4.25. The zero-order valence-electron chi connectivity index (χ0n) is 18.1. The van der Waals surface area contributed by atoms with Gasteiger partial charge in [-0.3, -0.25) is 4.79 Å². The smallest absolute Gasteiger partial charge is 0.253 e. The monoisotopic (exact) mass is 474 g/mol. The average Bonchev–Trinajstić information content (AvgIpc) is 2.85. The molecule has 0 aliphatic rings. The third kappa shape index (κ3) is 6.37. The van der Waals surface area contributed by atoms with Crippen molar-refractivity contribution < 1.29 is 9.53 Å². The Morgan fingerprint density at radius 1 is 1.00 bits per heavy atom. The number of thioether (sulfide) groups is 1. The van der Waals surface area contributed by atoms with Crippen LogP contribution in [0.2, 0.25) is 5.02 Å². The highest BCUT2D eigenvalue weighted by atomic mass is 35.5. The fourth-order valence-electron chi connectivity index (χ4n) is 3.26. The Hall–Kier alpha value is -3.28. The zero-order chi connectivity index (χ0) is 23.0. The molecule has 1 amide bonds. The molecule has 0 fully saturated rings. The Morgan fingerprint density at radius 3 is 2.52 bits per heavy atom. The predicted molar refractivity (Wildman–Crippen MR) is 137 cm³/mol. The van der Waals surface area contributed by atoms with E-state index < -0.39 is 0 Å². The average molecular weight is 475 g/mol. The summed E-state index contributed by atoms with van der Waals surface area (Å²) in [5, 5.41) is 6.86. The summed E-state index contributed by atoms with van der Waals surface area (Å²) in [5.74, 6) is 0.610. The maximum absolute atomic E-state index is 12.3. The van der Waals surface area contributed by atoms with Crippen molar-refractivity contribution in [2.45, 2.75) is 23.7 Å². The molecule has 4 aromatic carbocycles. The number of carbonyl (C=O) groups is 1. The normalized spacial score (nSPS) is 12.1. The Kier molecular flexibility index (Phi) is 7.66. The van der Waals surface area contributed by atoms with E-state index in [2.05, 4.69) is 34.8 Å². The molecule has 0 saturated carbocycles. The molecule has 0 spiro atoms. The van der Waals surface area contributed by atoms with Crippen LogP contribution >= 0.6 is 23.4 Å². The van der Waals surface area contributed by atoms with E-state index in [1.54, 1.807) is 6.21 Å². The lowest BCUT2D eigenvalue weighted by Gasteiger charge is -2.10. The molecule has 0 aromatic heterocycles. The summed E-state index contributed by atoms with van der Waals surface area (Å²) >= 11 is 7.35. The molecule has 0 aliphatic heterocycles. The van der Waals surface area contributed by atoms with Crippen molar-refractivity contribution in [3.8, 4) is 5.75 Å². The van der Waals surface area contributed by atoms with Crippen molar-refractivity contribution in [1.82, 2.24) is 5.43 Å². The van der Waals surface area contributed by atoms with E-state index in [1.165, 1.54) is 22.5 Å². The first-order valence-corrected chi connectivity index (χ1v) is 11.8. The van der Waals surface area contributed by atoms with E-state index in [-0.39, 0.29) is 11.2 Å². The van der Waals surface area contributed by atoms with Crippen LogP contribution in [0.25, 0.3) is 10.8 Å². The molecule has 4 aromatic rings. The Morgan fingerprint density at radius 2 is 1.73 bits per heavy atom. The van der Waals surface area contributed by atoms with Gasteiger partial charge >= 0.3 is 0 Å². The highest BCUT2D eigenvalue weighted by Gasteiger charge is 2.13. The summed E-state index contributed by atoms with van der Waals surface area (Å²) in [5.41, 5.74) is 4.61. The number of halogens is 1. The van der Waals surface area contributed by atoms with E-state index in [4.69, 9.17) is 16.3 Å². The number of nitrogens with zero attached hydrogens (tertiary/aromatic N) is 1. The Labute approximate surface area is 202 Å². The van der Waals surface area contributed by atoms with Gasteiger partial charge in [-0.15, -0.1) is 11.8 Å². The molecule has 1 N–H and O–H groups in total. The van der Waals surface area contributed by atoms with Crippen LogP contribution in [0, 0.1) is 0 Å². The van der Waals surface area contributed by atoms with Gasteiger partial charge in [0.1, 0.15) is 12.4 Å². The molecule has 0 unspecified atom stereocenters. The number of hydrogen-bond acceptors (Lipinski definition) is 4. The summed E-state index contributed by atoms with van der Waals surface area (Å²) < 4.78 is 5.97. The maximum atomic E-state index is 12.3. The van der Waals surface area contributed by atoms with E-state index in [0.717, 1.165) is 21.8 Å². The van der Waals surface area contributed by atoms with Gasteiger partial charge in [-0.05, 0) is 77.4 Å². The Balaban J connectivity index is 1.28. The third-order valence-corrected chi connectivity index (χ3v) is 6.40. The fraction of sp³-hybridized carbons (Fsp3) is 0.111. The van der Waals surface area contributed by atoms with E-state index in [9.17, 15) is 4.79 Å². The van der Waals surface area contributed by atoms with E-state index in [1.807, 2.05) is 73.7 Å². The molecule has 0 aliphatic carbocycles. The minimum Gasteiger partial charge on any atom is -0.489 e. The van der Waals surface area contributed by atoms with Crippen molar-refractivity contribution in [3.63, 3.8) is 0 Å². The van der Waals surface area contributed by atoms with Gasteiger partial charge in [-0.1, -0.05) is 54.1 Å². The summed E-state index contributed by atoms with van der Waals surface area (Å²) in [6, 6.07) is 29.5. The number of rotatable bonds is 8. The summed E-state index contributed by atoms with van der Waals surface area (Å²) in [6.07, 6.45) is 1.62. The minimum absolute atomic E-state index is 0.166. The first-order chi connectivity index (χ1) is 16.1. The number of fused-ring (bicyclic) bond motifs is 1. The van der Waals surface area contributed by atoms with E-state index >= 15 is 0 Å². The lowest BCUT2D eigenvalue weighted by atomic mass is 10.1. The standard InChI is InChI=1S/C27H23ClN2O2S/c1-19(33-25-15-11-23(28)12-16-25)27(31)30-29-17-20-9-13-24(14-10-20)32-18-22-7-4-6-21-5-2-3-8-26(21)22/h2-17,19H,18H2,1H3,(H,30,31)/b29-17-/t19-/m1/s1. The van der Waals surface area contributed by atoms with Gasteiger partial charge in [0, 0.05) is 9.92 Å². The van der Waals surface area contributed by atoms with Gasteiger partial charge in [0.2, 0.25) is 0 Å². The van der Waals surface area contributed by atoms with Crippen LogP contribution in [-0.4, -0.2) is 17.4 Å². The second kappa shape index (κ2) is 11.0. The first kappa shape index (κ1) is 22.9. The minimum atomic E-state index is -0.284. The molecule has 0 heterocycles. The molecule has 1 atom stereocenters. The van der Waals surface area contributed by atoms with Gasteiger partial charge in [0.25, 0.3) is 5.91 Å². The quantitative estimate of drug-likeness (QED) is 0.175. The first-order valence-electron chi connectivity index (χ1n) is 10.5. The molecular formula is C27H23ClN2O2S. The van der Waals surface area contributed by atoms with Crippen LogP contribution in [0.3, 0.4) is 0 Å². The number of hydrogen-bond donors (Lipinski definition) is 1. The van der Waals surface area contributed by atoms with Crippen LogP contribution in [0.5, 0.6) is 5.75 Å². The molecule has 33 heavy (non-hydrogen) atoms. The predicted octanol–water partition coefficient (Wildman–Crippen LogP) is 6.70. The molecule has 0 saturated heterocycles. The van der Waals surface area contributed by atoms with Crippen molar-refractivity contribution >= 4 is 46.3 Å². The topological polar surface area (TPSA) is 50.7 Å². The van der Waals surface area contributed by atoms with Crippen LogP contribution in [-0.2, 0) is 11.4 Å². The van der Waals surface area contributed by atoms with Crippen molar-refractivity contribution in [2.75, 3.05) is 0 Å². The van der Waals surface area contributed by atoms with Gasteiger partial charge in [0.05, 0.1) is 11.5 Å². The van der Waals surface area contributed by atoms with Gasteiger partial charge in [-0.25, -0.2) is 5.43 Å². The molecule has 0 bridgehead atoms. The number of carbonyl (C=O) groups excluding carboxylic acids is 1. The van der Waals surface area contributed by atoms with E-state index in [0.29, 0.717) is 11.6 Å². The van der Waals surface area contributed by atoms with Crippen LogP contribution < -0.4 is 10.2 Å². The second-order valence-electron chi connectivity index (χ2n) is 7.44. The summed E-state index contributed by atoms with van der Waals surface area (Å²) in [4.78, 5) is 13.3. The molecule has 6 heteroatoms. The summed E-state index contributed by atoms with van der Waals surface area (Å²) in [7, 11) is 0. The number of hydrazone groups is 1. The van der Waals surface area contributed by atoms with Crippen LogP contribution in [0.4, 0.5) is 0 Å². The maximum Gasteiger partial charge on any atom is 0.253 e. The SMILES string of the molecule is C[C@@H](Sc1ccc(Cl)cc1)C(=O)N/N=C\c1ccc(OCc2cccc3ccccc23)cc1. The van der Waals surface area contributed by atoms with Crippen molar-refractivity contribution in [3.05, 3.63) is 107 Å². The van der Waals surface area contributed by atoms with Crippen molar-refractivity contribution in [2.24, 2.45) is 5.10 Å². The lowest BCUT2D eigenvalue weighted by Crippen LogP contribution is -2.26. The summed E-state index contributed by atoms with van der Waals surface area (Å²) in [6.45, 7) is 2.33. The highest BCUT2D eigenvalue weighted by Crippen LogP contribution is 2.25. The number of ether oxygens (including phenoxy) is 1. The Bertz CT molecular complexity index is 1250. The molecule has 166 valence electrons. The lowest BCUT2D eigenvalue weighted by molar-refractivity contribution is -0.120. The highest BCUT2D eigenvalue weighted by molar-refractivity contribution is 8.00. The molecule has 4 rings (SSSR count). The van der Waals surface area contributed by atoms with Gasteiger partial charge in [0.15, 0.2) is 0 Å². The number of nitrogens with one attached hydrogen (secondary N) is 1. The number of benzene rings is 4. The van der Waals surface area contributed by atoms with Gasteiger partial charge in [-0.2, -0.15) is 5.10 Å². The molecular weight excluding hydrogens is 452 g/mol. The van der Waals surface area contributed by atoms with Crippen LogP contribution in [0.15, 0.2) is 101 Å². The van der Waals surface area contributed by atoms with Crippen LogP contribution in [0.1, 0.15) is 18.1 Å².